The van der Waals surface area contributed by atoms with Gasteiger partial charge in [-0.2, -0.15) is 9.97 Å². The third-order valence-corrected chi connectivity index (χ3v) is 10.6. The number of halogens is 3. The first kappa shape index (κ1) is 29.4. The number of amides is 1. The fourth-order valence-corrected chi connectivity index (χ4v) is 8.60. The summed E-state index contributed by atoms with van der Waals surface area (Å²) < 4.78 is 48.7. The average molecular weight is 665 g/mol. The van der Waals surface area contributed by atoms with E-state index in [1.54, 1.807) is 6.07 Å². The Balaban J connectivity index is 1.25. The Morgan fingerprint density at radius 2 is 2.02 bits per heavy atom. The number of hydrogen-bond donors (Lipinski definition) is 0. The molecule has 9 nitrogen and oxygen atoms in total. The van der Waals surface area contributed by atoms with Crippen LogP contribution in [0.2, 0.25) is 0 Å². The summed E-state index contributed by atoms with van der Waals surface area (Å²) in [5.74, 6) is 0.0839. The maximum atomic E-state index is 15.6. The van der Waals surface area contributed by atoms with Crippen LogP contribution in [0.25, 0.3) is 10.9 Å². The average Bonchev–Trinajstić information content (AvgIpc) is 3.71. The molecule has 0 saturated carbocycles. The molecule has 1 amide bonds. The van der Waals surface area contributed by atoms with Gasteiger partial charge in [0.05, 0.1) is 27.7 Å². The molecule has 43 heavy (non-hydrogen) atoms. The molecule has 6 heterocycles. The first-order chi connectivity index (χ1) is 20.5. The molecule has 12 heteroatoms. The van der Waals surface area contributed by atoms with Crippen LogP contribution < -0.4 is 9.64 Å². The van der Waals surface area contributed by atoms with Gasteiger partial charge in [0.15, 0.2) is 5.82 Å². The monoisotopic (exact) mass is 663 g/mol. The van der Waals surface area contributed by atoms with E-state index in [0.717, 1.165) is 45.1 Å². The molecular formula is C31H40BrF2N5O4. The van der Waals surface area contributed by atoms with Crippen molar-refractivity contribution in [2.75, 3.05) is 44.3 Å². The smallest absolute Gasteiger partial charge is 0.411 e. The van der Waals surface area contributed by atoms with E-state index in [4.69, 9.17) is 19.2 Å². The number of alkyl halides is 1. The number of ether oxygens (including phenoxy) is 3. The number of carbonyl (C=O) groups is 1. The Bertz CT molecular complexity index is 1420. The van der Waals surface area contributed by atoms with Crippen molar-refractivity contribution in [2.24, 2.45) is 0 Å². The lowest BCUT2D eigenvalue weighted by Gasteiger charge is -2.51. The highest BCUT2D eigenvalue weighted by molar-refractivity contribution is 9.10. The molecule has 5 saturated heterocycles. The summed E-state index contributed by atoms with van der Waals surface area (Å²) in [7, 11) is 0. The van der Waals surface area contributed by atoms with Crippen LogP contribution in [0.1, 0.15) is 65.7 Å². The number of carbonyl (C=O) groups excluding carboxylic acids is 1. The Morgan fingerprint density at radius 3 is 2.79 bits per heavy atom. The molecule has 7 rings (SSSR count). The van der Waals surface area contributed by atoms with Crippen LogP contribution in [0, 0.1) is 5.82 Å². The first-order valence-corrected chi connectivity index (χ1v) is 16.3. The maximum Gasteiger partial charge on any atom is 0.411 e. The van der Waals surface area contributed by atoms with Gasteiger partial charge in [-0.15, -0.1) is 0 Å². The molecular weight excluding hydrogens is 624 g/mol. The third kappa shape index (κ3) is 5.05. The zero-order chi connectivity index (χ0) is 30.1. The molecule has 2 aromatic rings. The standard InChI is InChI=1S/C31H40BrF2N5O4/c1-29(2,3)43-28(40)39-20-9-11-31(39,23-6-4-13-41-23)17-37(16-20)26-21-7-8-22(32)24(34)25(21)35-27(36-26)42-18-30-10-5-12-38(30)15-19(33)14-30/h7-8,19-20,23H,4-6,9-18H2,1-3H3/t19-,20-,23-,30+,31+/m1/s1. The number of rotatable bonds is 5. The summed E-state index contributed by atoms with van der Waals surface area (Å²) in [4.78, 5) is 29.3. The molecule has 1 aromatic carbocycles. The zero-order valence-corrected chi connectivity index (χ0v) is 26.7. The maximum absolute atomic E-state index is 15.6. The van der Waals surface area contributed by atoms with Gasteiger partial charge < -0.3 is 19.1 Å². The van der Waals surface area contributed by atoms with E-state index in [-0.39, 0.29) is 41.9 Å². The predicted octanol–water partition coefficient (Wildman–Crippen LogP) is 5.62. The van der Waals surface area contributed by atoms with Gasteiger partial charge in [0.2, 0.25) is 0 Å². The number of anilines is 1. The van der Waals surface area contributed by atoms with Gasteiger partial charge in [-0.3, -0.25) is 9.80 Å². The van der Waals surface area contributed by atoms with E-state index in [2.05, 4.69) is 30.7 Å². The van der Waals surface area contributed by atoms with Crippen molar-refractivity contribution >= 4 is 38.7 Å². The highest BCUT2D eigenvalue weighted by Crippen LogP contribution is 2.47. The number of aromatic nitrogens is 2. The lowest BCUT2D eigenvalue weighted by molar-refractivity contribution is -0.0556. The van der Waals surface area contributed by atoms with Crippen molar-refractivity contribution in [3.8, 4) is 6.01 Å². The Hall–Kier alpha value is -2.31. The van der Waals surface area contributed by atoms with Crippen LogP contribution in [0.3, 0.4) is 0 Å². The lowest BCUT2D eigenvalue weighted by atomic mass is 9.86. The zero-order valence-electron chi connectivity index (χ0n) is 25.1. The SMILES string of the molecule is CC(C)(C)OC(=O)N1[C@@H]2CC[C@@]1([C@H]1CCCO1)CN(c1nc(OC[C@@]34CCCN3C[C@H](F)C4)nc3c(F)c(Br)ccc13)C2. The molecule has 234 valence electrons. The second-order valence-corrected chi connectivity index (χ2v) is 14.8. The molecule has 2 bridgehead atoms. The van der Waals surface area contributed by atoms with Crippen LogP contribution in [0.5, 0.6) is 6.01 Å². The van der Waals surface area contributed by atoms with Crippen molar-refractivity contribution < 1.29 is 27.8 Å². The number of benzene rings is 1. The summed E-state index contributed by atoms with van der Waals surface area (Å²) >= 11 is 3.31. The largest absolute Gasteiger partial charge is 0.461 e. The van der Waals surface area contributed by atoms with Gasteiger partial charge in [0.1, 0.15) is 29.7 Å². The topological polar surface area (TPSA) is 80.3 Å². The quantitative estimate of drug-likeness (QED) is 0.408. The number of piperazine rings is 1. The molecule has 5 fully saturated rings. The van der Waals surface area contributed by atoms with Crippen LogP contribution >= 0.6 is 15.9 Å². The van der Waals surface area contributed by atoms with Crippen molar-refractivity contribution in [3.63, 3.8) is 0 Å². The summed E-state index contributed by atoms with van der Waals surface area (Å²) in [5, 5.41) is 0.575. The number of hydrogen-bond acceptors (Lipinski definition) is 8. The van der Waals surface area contributed by atoms with Crippen LogP contribution in [0.4, 0.5) is 19.4 Å². The fourth-order valence-electron chi connectivity index (χ4n) is 8.28. The summed E-state index contributed by atoms with van der Waals surface area (Å²) in [6.45, 7) is 8.81. The Labute approximate surface area is 259 Å². The van der Waals surface area contributed by atoms with E-state index >= 15 is 4.39 Å². The van der Waals surface area contributed by atoms with Crippen molar-refractivity contribution in [1.82, 2.24) is 19.8 Å². The van der Waals surface area contributed by atoms with Crippen molar-refractivity contribution in [2.45, 2.75) is 101 Å². The minimum atomic E-state index is -0.879. The molecule has 5 aliphatic rings. The van der Waals surface area contributed by atoms with Crippen LogP contribution in [0.15, 0.2) is 16.6 Å². The van der Waals surface area contributed by atoms with Crippen molar-refractivity contribution in [1.29, 1.82) is 0 Å². The van der Waals surface area contributed by atoms with E-state index in [1.807, 2.05) is 31.7 Å². The molecule has 1 aromatic heterocycles. The van der Waals surface area contributed by atoms with Gasteiger partial charge >= 0.3 is 12.1 Å². The highest BCUT2D eigenvalue weighted by Gasteiger charge is 2.60. The second-order valence-electron chi connectivity index (χ2n) is 14.0. The summed E-state index contributed by atoms with van der Waals surface area (Å²) in [6, 6.07) is 3.45. The molecule has 0 aliphatic carbocycles. The molecule has 0 unspecified atom stereocenters. The number of nitrogens with zero attached hydrogens (tertiary/aromatic N) is 5. The van der Waals surface area contributed by atoms with E-state index in [9.17, 15) is 9.18 Å². The van der Waals surface area contributed by atoms with Crippen LogP contribution in [-0.2, 0) is 9.47 Å². The van der Waals surface area contributed by atoms with Crippen molar-refractivity contribution in [3.05, 3.63) is 22.4 Å². The van der Waals surface area contributed by atoms with Gasteiger partial charge in [-0.25, -0.2) is 13.6 Å². The molecule has 0 spiro atoms. The van der Waals surface area contributed by atoms with E-state index in [1.165, 1.54) is 0 Å². The molecule has 5 aliphatic heterocycles. The minimum absolute atomic E-state index is 0.0797. The normalized spacial score (nSPS) is 32.6. The molecule has 0 radical (unpaired) electrons. The van der Waals surface area contributed by atoms with Gasteiger partial charge in [-0.1, -0.05) is 0 Å². The second kappa shape index (κ2) is 10.7. The molecule has 5 atom stereocenters. The number of fused-ring (bicyclic) bond motifs is 4. The van der Waals surface area contributed by atoms with Crippen LogP contribution in [-0.4, -0.2) is 100 Å². The van der Waals surface area contributed by atoms with Gasteiger partial charge in [-0.05, 0) is 93.9 Å². The first-order valence-electron chi connectivity index (χ1n) is 15.5. The summed E-state index contributed by atoms with van der Waals surface area (Å²) in [5.41, 5.74) is -1.44. The van der Waals surface area contributed by atoms with E-state index in [0.29, 0.717) is 48.3 Å². The summed E-state index contributed by atoms with van der Waals surface area (Å²) in [6.07, 6.45) is 4.33. The Kier molecular flexibility index (Phi) is 7.28. The minimum Gasteiger partial charge on any atom is -0.461 e. The van der Waals surface area contributed by atoms with E-state index < -0.39 is 23.1 Å². The lowest BCUT2D eigenvalue weighted by Crippen LogP contribution is -2.68. The van der Waals surface area contributed by atoms with Gasteiger partial charge in [0.25, 0.3) is 0 Å². The molecule has 0 N–H and O–H groups in total. The fraction of sp³-hybridized carbons (Fsp3) is 0.710. The van der Waals surface area contributed by atoms with Gasteiger partial charge in [0, 0.05) is 38.0 Å². The Morgan fingerprint density at radius 1 is 1.19 bits per heavy atom. The highest BCUT2D eigenvalue weighted by atomic mass is 79.9. The third-order valence-electron chi connectivity index (χ3n) is 10.0. The predicted molar refractivity (Wildman–Crippen MR) is 161 cm³/mol.